The largest absolute Gasteiger partial charge is 0.384 e. The van der Waals surface area contributed by atoms with Crippen LogP contribution in [0.25, 0.3) is 11.1 Å². The number of pyridine rings is 2. The Labute approximate surface area is 87.0 Å². The Kier molecular flexibility index (Phi) is 2.30. The maximum absolute atomic E-state index is 8.74. The lowest BCUT2D eigenvalue weighted by Gasteiger charge is -2.01. The van der Waals surface area contributed by atoms with Crippen LogP contribution in [0.4, 0.5) is 5.82 Å². The van der Waals surface area contributed by atoms with Gasteiger partial charge in [-0.15, -0.1) is 0 Å². The van der Waals surface area contributed by atoms with Gasteiger partial charge < -0.3 is 5.73 Å². The van der Waals surface area contributed by atoms with E-state index in [-0.39, 0.29) is 0 Å². The molecule has 0 unspecified atom stereocenters. The third-order valence-electron chi connectivity index (χ3n) is 1.98. The highest BCUT2D eigenvalue weighted by Crippen LogP contribution is 2.19. The molecule has 4 heteroatoms. The summed E-state index contributed by atoms with van der Waals surface area (Å²) in [5.74, 6) is 0.454. The molecule has 4 nitrogen and oxygen atoms in total. The summed E-state index contributed by atoms with van der Waals surface area (Å²) in [6.07, 6.45) is 4.84. The molecule has 0 radical (unpaired) electrons. The second kappa shape index (κ2) is 3.76. The molecule has 0 bridgehead atoms. The topological polar surface area (TPSA) is 75.6 Å². The minimum atomic E-state index is 0.454. The molecule has 72 valence electrons. The Morgan fingerprint density at radius 3 is 2.80 bits per heavy atom. The summed E-state index contributed by atoms with van der Waals surface area (Å²) in [6.45, 7) is 0. The average molecular weight is 196 g/mol. The van der Waals surface area contributed by atoms with Crippen LogP contribution in [0.15, 0.2) is 36.8 Å². The Balaban J connectivity index is 2.50. The molecular weight excluding hydrogens is 188 g/mol. The van der Waals surface area contributed by atoms with Gasteiger partial charge in [0.15, 0.2) is 0 Å². The fraction of sp³-hybridized carbons (Fsp3) is 0. The minimum Gasteiger partial charge on any atom is -0.384 e. The van der Waals surface area contributed by atoms with E-state index in [9.17, 15) is 0 Å². The lowest BCUT2D eigenvalue weighted by atomic mass is 10.1. The Hall–Kier alpha value is -2.41. The molecule has 0 spiro atoms. The van der Waals surface area contributed by atoms with E-state index in [1.807, 2.05) is 12.1 Å². The van der Waals surface area contributed by atoms with E-state index in [0.29, 0.717) is 11.4 Å². The molecule has 0 aliphatic heterocycles. The first-order valence-electron chi connectivity index (χ1n) is 4.36. The van der Waals surface area contributed by atoms with Crippen LogP contribution in [-0.2, 0) is 0 Å². The molecule has 0 aromatic carbocycles. The molecule has 15 heavy (non-hydrogen) atoms. The van der Waals surface area contributed by atoms with Crippen LogP contribution in [0.1, 0.15) is 5.56 Å². The highest BCUT2D eigenvalue weighted by molar-refractivity contribution is 5.65. The molecule has 2 N–H and O–H groups in total. The molecule has 2 heterocycles. The van der Waals surface area contributed by atoms with Crippen molar-refractivity contribution in [2.24, 2.45) is 0 Å². The fourth-order valence-electron chi connectivity index (χ4n) is 1.29. The van der Waals surface area contributed by atoms with Gasteiger partial charge in [-0.05, 0) is 23.8 Å². The standard InChI is InChI=1S/C11H8N4/c12-5-8-3-10(7-14-6-8)9-1-2-15-11(13)4-9/h1-4,6-7H,(H2,13,15). The second-order valence-corrected chi connectivity index (χ2v) is 3.04. The van der Waals surface area contributed by atoms with Gasteiger partial charge in [-0.1, -0.05) is 0 Å². The molecule has 0 saturated heterocycles. The average Bonchev–Trinajstić information content (AvgIpc) is 2.29. The normalized spacial score (nSPS) is 9.53. The number of nitrogens with zero attached hydrogens (tertiary/aromatic N) is 3. The molecule has 0 atom stereocenters. The number of nitriles is 1. The molecule has 0 aliphatic carbocycles. The zero-order valence-electron chi connectivity index (χ0n) is 7.88. The Morgan fingerprint density at radius 1 is 1.20 bits per heavy atom. The number of hydrogen-bond acceptors (Lipinski definition) is 4. The van der Waals surface area contributed by atoms with E-state index in [2.05, 4.69) is 9.97 Å². The summed E-state index contributed by atoms with van der Waals surface area (Å²) >= 11 is 0. The van der Waals surface area contributed by atoms with Crippen LogP contribution in [0.3, 0.4) is 0 Å². The SMILES string of the molecule is N#Cc1cncc(-c2ccnc(N)c2)c1. The van der Waals surface area contributed by atoms with Crippen LogP contribution in [-0.4, -0.2) is 9.97 Å². The summed E-state index contributed by atoms with van der Waals surface area (Å²) in [4.78, 5) is 7.88. The monoisotopic (exact) mass is 196 g/mol. The summed E-state index contributed by atoms with van der Waals surface area (Å²) < 4.78 is 0. The lowest BCUT2D eigenvalue weighted by molar-refractivity contribution is 1.29. The predicted octanol–water partition coefficient (Wildman–Crippen LogP) is 1.60. The Morgan fingerprint density at radius 2 is 2.07 bits per heavy atom. The predicted molar refractivity (Wildman–Crippen MR) is 56.6 cm³/mol. The van der Waals surface area contributed by atoms with Crippen molar-refractivity contribution >= 4 is 5.82 Å². The van der Waals surface area contributed by atoms with Crippen molar-refractivity contribution in [3.8, 4) is 17.2 Å². The first-order valence-corrected chi connectivity index (χ1v) is 4.36. The van der Waals surface area contributed by atoms with Crippen LogP contribution in [0.5, 0.6) is 0 Å². The summed E-state index contributed by atoms with van der Waals surface area (Å²) in [5, 5.41) is 8.74. The van der Waals surface area contributed by atoms with Crippen molar-refractivity contribution in [2.45, 2.75) is 0 Å². The highest BCUT2D eigenvalue weighted by Gasteiger charge is 2.00. The smallest absolute Gasteiger partial charge is 0.123 e. The van der Waals surface area contributed by atoms with Crippen molar-refractivity contribution in [3.63, 3.8) is 0 Å². The summed E-state index contributed by atoms with van der Waals surface area (Å²) in [6, 6.07) is 7.38. The van der Waals surface area contributed by atoms with E-state index < -0.39 is 0 Å². The first-order chi connectivity index (χ1) is 7.29. The quantitative estimate of drug-likeness (QED) is 0.751. The molecule has 0 aliphatic rings. The van der Waals surface area contributed by atoms with Crippen LogP contribution < -0.4 is 5.73 Å². The molecule has 2 rings (SSSR count). The van der Waals surface area contributed by atoms with Gasteiger partial charge in [-0.3, -0.25) is 4.98 Å². The maximum Gasteiger partial charge on any atom is 0.123 e. The van der Waals surface area contributed by atoms with Gasteiger partial charge in [0.25, 0.3) is 0 Å². The molecule has 0 fully saturated rings. The number of nitrogen functional groups attached to an aromatic ring is 1. The molecule has 2 aromatic heterocycles. The van der Waals surface area contributed by atoms with Gasteiger partial charge in [0.1, 0.15) is 11.9 Å². The van der Waals surface area contributed by atoms with E-state index in [1.165, 1.54) is 6.20 Å². The molecule has 0 saturated carbocycles. The van der Waals surface area contributed by atoms with Crippen molar-refractivity contribution < 1.29 is 0 Å². The summed E-state index contributed by atoms with van der Waals surface area (Å²) in [5.41, 5.74) is 7.87. The number of nitrogens with two attached hydrogens (primary N) is 1. The third kappa shape index (κ3) is 1.92. The van der Waals surface area contributed by atoms with Crippen LogP contribution in [0.2, 0.25) is 0 Å². The highest BCUT2D eigenvalue weighted by atomic mass is 14.8. The maximum atomic E-state index is 8.74. The Bertz CT molecular complexity index is 528. The van der Waals surface area contributed by atoms with Crippen molar-refractivity contribution in [1.29, 1.82) is 5.26 Å². The lowest BCUT2D eigenvalue weighted by Crippen LogP contribution is -1.90. The van der Waals surface area contributed by atoms with Gasteiger partial charge in [-0.2, -0.15) is 5.26 Å². The zero-order valence-corrected chi connectivity index (χ0v) is 7.88. The van der Waals surface area contributed by atoms with Gasteiger partial charge in [0.05, 0.1) is 5.56 Å². The van der Waals surface area contributed by atoms with E-state index >= 15 is 0 Å². The second-order valence-electron chi connectivity index (χ2n) is 3.04. The van der Waals surface area contributed by atoms with Crippen molar-refractivity contribution in [2.75, 3.05) is 5.73 Å². The van der Waals surface area contributed by atoms with E-state index in [1.54, 1.807) is 24.5 Å². The molecule has 0 amide bonds. The summed E-state index contributed by atoms with van der Waals surface area (Å²) in [7, 11) is 0. The van der Waals surface area contributed by atoms with Crippen LogP contribution in [0, 0.1) is 11.3 Å². The number of hydrogen-bond donors (Lipinski definition) is 1. The molecular formula is C11H8N4. The first kappa shape index (κ1) is 9.16. The fourth-order valence-corrected chi connectivity index (χ4v) is 1.29. The van der Waals surface area contributed by atoms with E-state index in [0.717, 1.165) is 11.1 Å². The van der Waals surface area contributed by atoms with E-state index in [4.69, 9.17) is 11.0 Å². The van der Waals surface area contributed by atoms with Crippen LogP contribution >= 0.6 is 0 Å². The number of anilines is 1. The van der Waals surface area contributed by atoms with Gasteiger partial charge in [0.2, 0.25) is 0 Å². The zero-order chi connectivity index (χ0) is 10.7. The minimum absolute atomic E-state index is 0.454. The number of rotatable bonds is 1. The van der Waals surface area contributed by atoms with Gasteiger partial charge >= 0.3 is 0 Å². The number of aromatic nitrogens is 2. The van der Waals surface area contributed by atoms with Crippen molar-refractivity contribution in [3.05, 3.63) is 42.4 Å². The van der Waals surface area contributed by atoms with Gasteiger partial charge in [0, 0.05) is 24.2 Å². The third-order valence-corrected chi connectivity index (χ3v) is 1.98. The molecule has 2 aromatic rings. The van der Waals surface area contributed by atoms with Crippen molar-refractivity contribution in [1.82, 2.24) is 9.97 Å². The van der Waals surface area contributed by atoms with Gasteiger partial charge in [-0.25, -0.2) is 4.98 Å².